The van der Waals surface area contributed by atoms with Crippen LogP contribution in [-0.4, -0.2) is 11.1 Å². The summed E-state index contributed by atoms with van der Waals surface area (Å²) in [5.41, 5.74) is 5.52. The molecule has 0 bridgehead atoms. The standard InChI is InChI=1S/C31H28N2OS/c1-31(2,3)25-15-17-26(18-16-25)33(22-34)32-21-30(28-11-7-8-12-29(28)32)35-27-19-13-24(14-20-27)23-9-5-4-6-10-23/h4-22H,1-3H3. The highest BCUT2D eigenvalue weighted by Gasteiger charge is 2.17. The van der Waals surface area contributed by atoms with Crippen LogP contribution < -0.4 is 5.01 Å². The van der Waals surface area contributed by atoms with Crippen LogP contribution in [0, 0.1) is 0 Å². The number of hydrogen-bond acceptors (Lipinski definition) is 2. The average Bonchev–Trinajstić information content (AvgIpc) is 3.23. The fourth-order valence-electron chi connectivity index (χ4n) is 4.21. The van der Waals surface area contributed by atoms with Gasteiger partial charge >= 0.3 is 0 Å². The van der Waals surface area contributed by atoms with Gasteiger partial charge in [0.05, 0.1) is 11.2 Å². The van der Waals surface area contributed by atoms with Crippen LogP contribution >= 0.6 is 11.8 Å². The zero-order chi connectivity index (χ0) is 24.4. The van der Waals surface area contributed by atoms with E-state index in [9.17, 15) is 4.79 Å². The van der Waals surface area contributed by atoms with Gasteiger partial charge in [0.15, 0.2) is 0 Å². The lowest BCUT2D eigenvalue weighted by Crippen LogP contribution is -2.27. The molecule has 3 nitrogen and oxygen atoms in total. The number of aromatic nitrogens is 1. The summed E-state index contributed by atoms with van der Waals surface area (Å²) in [6.07, 6.45) is 2.92. The number of fused-ring (bicyclic) bond motifs is 1. The molecule has 0 aliphatic rings. The van der Waals surface area contributed by atoms with Crippen molar-refractivity contribution in [2.75, 3.05) is 5.01 Å². The quantitative estimate of drug-likeness (QED) is 0.231. The van der Waals surface area contributed by atoms with Crippen molar-refractivity contribution in [3.8, 4) is 11.1 Å². The van der Waals surface area contributed by atoms with E-state index in [2.05, 4.69) is 93.6 Å². The molecule has 1 amide bonds. The molecule has 0 aliphatic carbocycles. The number of anilines is 1. The SMILES string of the molecule is CC(C)(C)c1ccc(N(C=O)n2cc(Sc3ccc(-c4ccccc4)cc3)c3ccccc32)cc1. The fourth-order valence-corrected chi connectivity index (χ4v) is 5.18. The summed E-state index contributed by atoms with van der Waals surface area (Å²) in [4.78, 5) is 14.5. The highest BCUT2D eigenvalue weighted by Crippen LogP contribution is 2.37. The first-order chi connectivity index (χ1) is 16.9. The van der Waals surface area contributed by atoms with Crippen molar-refractivity contribution in [1.29, 1.82) is 0 Å². The maximum absolute atomic E-state index is 12.3. The summed E-state index contributed by atoms with van der Waals surface area (Å²) in [6, 6.07) is 35.5. The van der Waals surface area contributed by atoms with E-state index < -0.39 is 0 Å². The Morgan fingerprint density at radius 2 is 1.37 bits per heavy atom. The third kappa shape index (κ3) is 4.75. The molecule has 0 saturated heterocycles. The molecule has 1 heterocycles. The molecule has 0 aliphatic heterocycles. The normalized spacial score (nSPS) is 11.5. The maximum Gasteiger partial charge on any atom is 0.233 e. The monoisotopic (exact) mass is 476 g/mol. The minimum Gasteiger partial charge on any atom is -0.276 e. The third-order valence-electron chi connectivity index (χ3n) is 6.17. The molecule has 4 aromatic carbocycles. The van der Waals surface area contributed by atoms with Crippen LogP contribution in [0.2, 0.25) is 0 Å². The van der Waals surface area contributed by atoms with E-state index in [0.717, 1.165) is 32.8 Å². The van der Waals surface area contributed by atoms with Gasteiger partial charge in [-0.25, -0.2) is 5.01 Å². The first-order valence-electron chi connectivity index (χ1n) is 11.7. The molecule has 5 aromatic rings. The van der Waals surface area contributed by atoms with Crippen LogP contribution in [0.25, 0.3) is 22.0 Å². The molecule has 0 atom stereocenters. The molecule has 0 spiro atoms. The second-order valence-electron chi connectivity index (χ2n) is 9.59. The van der Waals surface area contributed by atoms with Crippen molar-refractivity contribution >= 4 is 34.8 Å². The Hall–Kier alpha value is -3.76. The van der Waals surface area contributed by atoms with Crippen molar-refractivity contribution in [3.63, 3.8) is 0 Å². The van der Waals surface area contributed by atoms with E-state index in [1.54, 1.807) is 16.8 Å². The number of nitrogens with zero attached hydrogens (tertiary/aromatic N) is 2. The van der Waals surface area contributed by atoms with Gasteiger partial charge in [0.1, 0.15) is 0 Å². The van der Waals surface area contributed by atoms with Crippen LogP contribution in [0.15, 0.2) is 119 Å². The van der Waals surface area contributed by atoms with E-state index in [1.807, 2.05) is 41.2 Å². The summed E-state index contributed by atoms with van der Waals surface area (Å²) in [6.45, 7) is 6.57. The Balaban J connectivity index is 1.48. The number of carbonyl (C=O) groups excluding carboxylic acids is 1. The molecule has 174 valence electrons. The van der Waals surface area contributed by atoms with Gasteiger partial charge in [0, 0.05) is 21.4 Å². The number of benzene rings is 4. The smallest absolute Gasteiger partial charge is 0.233 e. The molecule has 4 heteroatoms. The van der Waals surface area contributed by atoms with E-state index in [1.165, 1.54) is 16.7 Å². The van der Waals surface area contributed by atoms with Crippen LogP contribution in [0.5, 0.6) is 0 Å². The molecule has 0 fully saturated rings. The van der Waals surface area contributed by atoms with E-state index in [-0.39, 0.29) is 5.41 Å². The minimum absolute atomic E-state index is 0.0601. The summed E-state index contributed by atoms with van der Waals surface area (Å²) in [5.74, 6) is 0. The third-order valence-corrected chi connectivity index (χ3v) is 7.23. The number of hydrogen-bond donors (Lipinski definition) is 0. The zero-order valence-electron chi connectivity index (χ0n) is 20.2. The zero-order valence-corrected chi connectivity index (χ0v) is 21.0. The molecule has 0 unspecified atom stereocenters. The second kappa shape index (κ2) is 9.47. The van der Waals surface area contributed by atoms with Crippen LogP contribution in [0.4, 0.5) is 5.69 Å². The van der Waals surface area contributed by atoms with Gasteiger partial charge < -0.3 is 0 Å². The van der Waals surface area contributed by atoms with E-state index in [0.29, 0.717) is 0 Å². The van der Waals surface area contributed by atoms with Gasteiger partial charge in [-0.15, -0.1) is 0 Å². The molecule has 1 aromatic heterocycles. The summed E-state index contributed by atoms with van der Waals surface area (Å²) in [7, 11) is 0. The van der Waals surface area contributed by atoms with Crippen molar-refractivity contribution in [1.82, 2.24) is 4.68 Å². The Labute approximate surface area is 211 Å². The number of carbonyl (C=O) groups is 1. The van der Waals surface area contributed by atoms with E-state index >= 15 is 0 Å². The number of rotatable bonds is 6. The maximum atomic E-state index is 12.3. The minimum atomic E-state index is 0.0601. The number of para-hydroxylation sites is 1. The lowest BCUT2D eigenvalue weighted by atomic mass is 9.87. The van der Waals surface area contributed by atoms with Gasteiger partial charge in [-0.05, 0) is 52.4 Å². The largest absolute Gasteiger partial charge is 0.276 e. The molecular weight excluding hydrogens is 448 g/mol. The van der Waals surface area contributed by atoms with Crippen LogP contribution in [0.1, 0.15) is 26.3 Å². The first-order valence-corrected chi connectivity index (χ1v) is 12.5. The van der Waals surface area contributed by atoms with Crippen molar-refractivity contribution < 1.29 is 4.79 Å². The molecular formula is C31H28N2OS. The van der Waals surface area contributed by atoms with Crippen LogP contribution in [-0.2, 0) is 10.2 Å². The second-order valence-corrected chi connectivity index (χ2v) is 10.7. The Morgan fingerprint density at radius 1 is 0.743 bits per heavy atom. The Bertz CT molecular complexity index is 1450. The predicted molar refractivity (Wildman–Crippen MR) is 147 cm³/mol. The topological polar surface area (TPSA) is 25.2 Å². The summed E-state index contributed by atoms with van der Waals surface area (Å²) in [5, 5.41) is 2.78. The summed E-state index contributed by atoms with van der Waals surface area (Å²) < 4.78 is 1.94. The molecule has 0 N–H and O–H groups in total. The highest BCUT2D eigenvalue weighted by molar-refractivity contribution is 7.99. The molecule has 5 rings (SSSR count). The van der Waals surface area contributed by atoms with Crippen molar-refractivity contribution in [3.05, 3.63) is 115 Å². The van der Waals surface area contributed by atoms with Gasteiger partial charge in [-0.3, -0.25) is 9.47 Å². The lowest BCUT2D eigenvalue weighted by Gasteiger charge is -2.23. The molecule has 0 radical (unpaired) electrons. The van der Waals surface area contributed by atoms with E-state index in [4.69, 9.17) is 0 Å². The van der Waals surface area contributed by atoms with Crippen LogP contribution in [0.3, 0.4) is 0 Å². The lowest BCUT2D eigenvalue weighted by molar-refractivity contribution is -0.107. The van der Waals surface area contributed by atoms with Crippen molar-refractivity contribution in [2.24, 2.45) is 0 Å². The Morgan fingerprint density at radius 3 is 2.03 bits per heavy atom. The molecule has 0 saturated carbocycles. The van der Waals surface area contributed by atoms with Gasteiger partial charge in [-0.2, -0.15) is 0 Å². The fraction of sp³-hybridized carbons (Fsp3) is 0.129. The van der Waals surface area contributed by atoms with Gasteiger partial charge in [-0.1, -0.05) is 105 Å². The first kappa shape index (κ1) is 23.0. The summed E-state index contributed by atoms with van der Waals surface area (Å²) >= 11 is 1.71. The average molecular weight is 477 g/mol. The molecule has 35 heavy (non-hydrogen) atoms. The van der Waals surface area contributed by atoms with Crippen molar-refractivity contribution in [2.45, 2.75) is 36.0 Å². The van der Waals surface area contributed by atoms with Gasteiger partial charge in [0.2, 0.25) is 6.41 Å². The van der Waals surface area contributed by atoms with Gasteiger partial charge in [0.25, 0.3) is 0 Å². The highest BCUT2D eigenvalue weighted by atomic mass is 32.2. The predicted octanol–water partition coefficient (Wildman–Crippen LogP) is 8.18. The number of amides is 1. The Kier molecular flexibility index (Phi) is 6.23.